The molecule has 3 heterocycles. The third kappa shape index (κ3) is 3.32. The third-order valence-corrected chi connectivity index (χ3v) is 5.07. The molecule has 27 heavy (non-hydrogen) atoms. The van der Waals surface area contributed by atoms with Crippen LogP contribution in [-0.4, -0.2) is 59.4 Å². The van der Waals surface area contributed by atoms with Gasteiger partial charge < -0.3 is 19.0 Å². The van der Waals surface area contributed by atoms with Gasteiger partial charge in [-0.2, -0.15) is 0 Å². The van der Waals surface area contributed by atoms with Gasteiger partial charge >= 0.3 is 5.91 Å². The van der Waals surface area contributed by atoms with Crippen molar-refractivity contribution in [2.75, 3.05) is 26.7 Å². The highest BCUT2D eigenvalue weighted by atomic mass is 19.1. The van der Waals surface area contributed by atoms with Crippen molar-refractivity contribution in [2.24, 2.45) is 0 Å². The average Bonchev–Trinajstić information content (AvgIpc) is 3.33. The van der Waals surface area contributed by atoms with Crippen LogP contribution < -0.4 is 0 Å². The number of nitrogens with zero attached hydrogens (tertiary/aromatic N) is 3. The molecule has 0 radical (unpaired) electrons. The number of likely N-dealkylation sites (tertiary alicyclic amines) is 1. The van der Waals surface area contributed by atoms with Crippen molar-refractivity contribution in [3.63, 3.8) is 0 Å². The Morgan fingerprint density at radius 3 is 2.78 bits per heavy atom. The first-order valence-electron chi connectivity index (χ1n) is 8.91. The van der Waals surface area contributed by atoms with Crippen LogP contribution in [0.4, 0.5) is 4.39 Å². The van der Waals surface area contributed by atoms with Gasteiger partial charge in [0.25, 0.3) is 11.8 Å². The highest BCUT2D eigenvalue weighted by Crippen LogP contribution is 2.24. The lowest BCUT2D eigenvalue weighted by Crippen LogP contribution is -2.36. The first-order valence-corrected chi connectivity index (χ1v) is 8.91. The molecule has 1 aromatic carbocycles. The van der Waals surface area contributed by atoms with Crippen LogP contribution in [0.15, 0.2) is 28.7 Å². The first kappa shape index (κ1) is 17.7. The third-order valence-electron chi connectivity index (χ3n) is 5.07. The van der Waals surface area contributed by atoms with Gasteiger partial charge in [-0.1, -0.05) is 12.1 Å². The molecule has 2 aliphatic heterocycles. The minimum absolute atomic E-state index is 0.0309. The summed E-state index contributed by atoms with van der Waals surface area (Å²) in [6, 6.07) is 5.90. The van der Waals surface area contributed by atoms with E-state index in [4.69, 9.17) is 9.15 Å². The van der Waals surface area contributed by atoms with Crippen LogP contribution in [0.25, 0.3) is 0 Å². The van der Waals surface area contributed by atoms with E-state index in [1.54, 1.807) is 24.1 Å². The smallest absolute Gasteiger partial charge is 0.309 e. The Balaban J connectivity index is 1.49. The Morgan fingerprint density at radius 1 is 1.22 bits per heavy atom. The zero-order valence-electron chi connectivity index (χ0n) is 15.0. The summed E-state index contributed by atoms with van der Waals surface area (Å²) in [7, 11) is 1.63. The van der Waals surface area contributed by atoms with Crippen LogP contribution in [0.1, 0.15) is 38.9 Å². The second-order valence-electron chi connectivity index (χ2n) is 6.74. The summed E-state index contributed by atoms with van der Waals surface area (Å²) in [5, 5.41) is 0. The number of hydrogen-bond acceptors (Lipinski definition) is 5. The molecule has 0 N–H and O–H groups in total. The largest absolute Gasteiger partial charge is 0.437 e. The number of carbonyl (C=O) groups is 2. The maximum absolute atomic E-state index is 13.9. The lowest BCUT2D eigenvalue weighted by molar-refractivity contribution is 0.0683. The normalized spacial score (nSPS) is 19.3. The van der Waals surface area contributed by atoms with E-state index < -0.39 is 11.7 Å². The van der Waals surface area contributed by atoms with Crippen LogP contribution in [0.3, 0.4) is 0 Å². The number of amides is 2. The molecular formula is C19H20FN3O4. The van der Waals surface area contributed by atoms with Gasteiger partial charge in [0.1, 0.15) is 17.3 Å². The van der Waals surface area contributed by atoms with E-state index in [1.807, 2.05) is 0 Å². The van der Waals surface area contributed by atoms with Gasteiger partial charge in [0.15, 0.2) is 0 Å². The fourth-order valence-corrected chi connectivity index (χ4v) is 3.51. The zero-order chi connectivity index (χ0) is 19.0. The van der Waals surface area contributed by atoms with Gasteiger partial charge in [-0.05, 0) is 18.6 Å². The fourth-order valence-electron chi connectivity index (χ4n) is 3.51. The second-order valence-corrected chi connectivity index (χ2v) is 6.74. The summed E-state index contributed by atoms with van der Waals surface area (Å²) in [5.41, 5.74) is 0.584. The van der Waals surface area contributed by atoms with Crippen molar-refractivity contribution < 1.29 is 23.1 Å². The maximum atomic E-state index is 13.9. The number of oxazole rings is 1. The van der Waals surface area contributed by atoms with E-state index in [-0.39, 0.29) is 30.0 Å². The Bertz CT molecular complexity index is 882. The summed E-state index contributed by atoms with van der Waals surface area (Å²) in [6.45, 7) is 1.70. The van der Waals surface area contributed by atoms with Crippen LogP contribution in [0, 0.1) is 5.82 Å². The molecule has 1 atom stereocenters. The molecule has 0 unspecified atom stereocenters. The molecule has 7 nitrogen and oxygen atoms in total. The number of fused-ring (bicyclic) bond motifs is 1. The number of halogens is 1. The van der Waals surface area contributed by atoms with Crippen LogP contribution in [0.5, 0.6) is 0 Å². The molecule has 0 bridgehead atoms. The molecule has 8 heteroatoms. The molecule has 2 aromatic rings. The molecule has 1 aromatic heterocycles. The predicted octanol–water partition coefficient (Wildman–Crippen LogP) is 1.87. The number of methoxy groups -OCH3 is 1. The van der Waals surface area contributed by atoms with Crippen molar-refractivity contribution >= 4 is 11.8 Å². The molecule has 0 saturated carbocycles. The maximum Gasteiger partial charge on any atom is 0.309 e. The molecule has 0 aliphatic carbocycles. The van der Waals surface area contributed by atoms with Crippen LogP contribution in [-0.2, 0) is 17.7 Å². The number of aromatic nitrogens is 1. The monoisotopic (exact) mass is 373 g/mol. The average molecular weight is 373 g/mol. The van der Waals surface area contributed by atoms with Gasteiger partial charge in [0, 0.05) is 33.2 Å². The predicted molar refractivity (Wildman–Crippen MR) is 92.7 cm³/mol. The topological polar surface area (TPSA) is 75.9 Å². The number of benzene rings is 1. The summed E-state index contributed by atoms with van der Waals surface area (Å²) < 4.78 is 24.8. The molecule has 4 rings (SSSR count). The molecule has 1 saturated heterocycles. The standard InChI is InChI=1S/C19H20FN3O4/c1-26-12-6-8-22(10-12)19(25)17-21-15-11-23(9-7-16(15)27-17)18(24)13-4-2-3-5-14(13)20/h2-5,12H,6-11H2,1H3/t12-/m0/s1. The van der Waals surface area contributed by atoms with E-state index >= 15 is 0 Å². The Hall–Kier alpha value is -2.74. The highest BCUT2D eigenvalue weighted by molar-refractivity contribution is 5.94. The fraction of sp³-hybridized carbons (Fsp3) is 0.421. The molecule has 1 fully saturated rings. The first-order chi connectivity index (χ1) is 13.1. The Kier molecular flexibility index (Phi) is 4.65. The van der Waals surface area contributed by atoms with Crippen LogP contribution >= 0.6 is 0 Å². The van der Waals surface area contributed by atoms with Crippen molar-refractivity contribution in [3.8, 4) is 0 Å². The number of carbonyl (C=O) groups excluding carboxylic acids is 2. The molecule has 2 amide bonds. The van der Waals surface area contributed by atoms with Gasteiger partial charge in [-0.25, -0.2) is 9.37 Å². The van der Waals surface area contributed by atoms with Crippen molar-refractivity contribution in [3.05, 3.63) is 53.0 Å². The van der Waals surface area contributed by atoms with E-state index in [9.17, 15) is 14.0 Å². The zero-order valence-corrected chi connectivity index (χ0v) is 15.0. The summed E-state index contributed by atoms with van der Waals surface area (Å²) >= 11 is 0. The van der Waals surface area contributed by atoms with E-state index in [1.165, 1.54) is 17.0 Å². The van der Waals surface area contributed by atoms with Gasteiger partial charge in [0.05, 0.1) is 18.2 Å². The van der Waals surface area contributed by atoms with E-state index in [0.717, 1.165) is 6.42 Å². The van der Waals surface area contributed by atoms with Crippen LogP contribution in [0.2, 0.25) is 0 Å². The van der Waals surface area contributed by atoms with Crippen molar-refractivity contribution in [2.45, 2.75) is 25.5 Å². The second kappa shape index (κ2) is 7.11. The minimum atomic E-state index is -0.550. The summed E-state index contributed by atoms with van der Waals surface area (Å²) in [6.07, 6.45) is 1.26. The molecular weight excluding hydrogens is 353 g/mol. The molecule has 0 spiro atoms. The van der Waals surface area contributed by atoms with Crippen molar-refractivity contribution in [1.82, 2.24) is 14.8 Å². The minimum Gasteiger partial charge on any atom is -0.437 e. The lowest BCUT2D eigenvalue weighted by atomic mass is 10.1. The Morgan fingerprint density at radius 2 is 2.04 bits per heavy atom. The van der Waals surface area contributed by atoms with E-state index in [0.29, 0.717) is 37.5 Å². The van der Waals surface area contributed by atoms with Gasteiger partial charge in [0.2, 0.25) is 0 Å². The van der Waals surface area contributed by atoms with Gasteiger partial charge in [-0.3, -0.25) is 9.59 Å². The highest BCUT2D eigenvalue weighted by Gasteiger charge is 2.33. The van der Waals surface area contributed by atoms with Gasteiger partial charge in [-0.15, -0.1) is 0 Å². The number of hydrogen-bond donors (Lipinski definition) is 0. The number of rotatable bonds is 3. The van der Waals surface area contributed by atoms with E-state index in [2.05, 4.69) is 4.98 Å². The quantitative estimate of drug-likeness (QED) is 0.821. The Labute approximate surface area is 155 Å². The SMILES string of the molecule is CO[C@H]1CCN(C(=O)c2nc3c(o2)CCN(C(=O)c2ccccc2F)C3)C1. The van der Waals surface area contributed by atoms with Crippen molar-refractivity contribution in [1.29, 1.82) is 0 Å². The summed E-state index contributed by atoms with van der Waals surface area (Å²) in [4.78, 5) is 32.7. The number of ether oxygens (including phenoxy) is 1. The summed E-state index contributed by atoms with van der Waals surface area (Å²) in [5.74, 6) is -0.561. The molecule has 2 aliphatic rings. The lowest BCUT2D eigenvalue weighted by Gasteiger charge is -2.25. The molecule has 142 valence electrons.